The lowest BCUT2D eigenvalue weighted by atomic mass is 9.51. The van der Waals surface area contributed by atoms with E-state index in [2.05, 4.69) is 5.32 Å². The summed E-state index contributed by atoms with van der Waals surface area (Å²) in [6.07, 6.45) is 7.19. The first kappa shape index (κ1) is 13.4. The maximum atomic E-state index is 12.5. The van der Waals surface area contributed by atoms with Crippen LogP contribution >= 0.6 is 0 Å². The standard InChI is InChI=1S/C16H27NO2/c1-3-16(2,19)9-17-15(18)14-12-5-10-4-11(7-12)8-13(14)6-10/h10-14,19H,3-9H2,1-2H3,(H,17,18). The molecule has 108 valence electrons. The van der Waals surface area contributed by atoms with Gasteiger partial charge in [0.05, 0.1) is 5.60 Å². The molecule has 4 bridgehead atoms. The van der Waals surface area contributed by atoms with Crippen molar-refractivity contribution in [3.05, 3.63) is 0 Å². The minimum Gasteiger partial charge on any atom is -0.388 e. The number of carbonyl (C=O) groups excluding carboxylic acids is 1. The lowest BCUT2D eigenvalue weighted by Gasteiger charge is -2.53. The number of hydrogen-bond acceptors (Lipinski definition) is 2. The van der Waals surface area contributed by atoms with Crippen LogP contribution in [-0.2, 0) is 4.79 Å². The average Bonchev–Trinajstić information content (AvgIpc) is 2.35. The van der Waals surface area contributed by atoms with Crippen LogP contribution < -0.4 is 5.32 Å². The van der Waals surface area contributed by atoms with Crippen molar-refractivity contribution in [3.8, 4) is 0 Å². The van der Waals surface area contributed by atoms with Gasteiger partial charge in [-0.3, -0.25) is 4.79 Å². The number of rotatable bonds is 4. The summed E-state index contributed by atoms with van der Waals surface area (Å²) in [4.78, 5) is 12.5. The van der Waals surface area contributed by atoms with Crippen molar-refractivity contribution >= 4 is 5.91 Å². The van der Waals surface area contributed by atoms with E-state index < -0.39 is 5.60 Å². The molecule has 19 heavy (non-hydrogen) atoms. The molecule has 0 saturated heterocycles. The van der Waals surface area contributed by atoms with Gasteiger partial charge in [-0.05, 0) is 69.1 Å². The summed E-state index contributed by atoms with van der Waals surface area (Å²) < 4.78 is 0. The fourth-order valence-corrected chi connectivity index (χ4v) is 4.87. The van der Waals surface area contributed by atoms with E-state index >= 15 is 0 Å². The Hall–Kier alpha value is -0.570. The number of hydrogen-bond donors (Lipinski definition) is 2. The van der Waals surface area contributed by atoms with Gasteiger partial charge in [-0.1, -0.05) is 6.92 Å². The number of aliphatic hydroxyl groups is 1. The summed E-state index contributed by atoms with van der Waals surface area (Å²) in [5, 5.41) is 13.0. The molecule has 1 atom stereocenters. The van der Waals surface area contributed by atoms with Crippen molar-refractivity contribution in [2.24, 2.45) is 29.6 Å². The van der Waals surface area contributed by atoms with Gasteiger partial charge in [0.15, 0.2) is 0 Å². The van der Waals surface area contributed by atoms with Gasteiger partial charge < -0.3 is 10.4 Å². The van der Waals surface area contributed by atoms with Crippen LogP contribution in [0.25, 0.3) is 0 Å². The van der Waals surface area contributed by atoms with Gasteiger partial charge >= 0.3 is 0 Å². The van der Waals surface area contributed by atoms with Crippen molar-refractivity contribution in [2.45, 2.75) is 58.0 Å². The number of amides is 1. The molecule has 2 N–H and O–H groups in total. The van der Waals surface area contributed by atoms with E-state index in [0.29, 0.717) is 24.8 Å². The molecule has 0 aliphatic heterocycles. The van der Waals surface area contributed by atoms with E-state index in [1.54, 1.807) is 6.92 Å². The van der Waals surface area contributed by atoms with Crippen LogP contribution in [0.3, 0.4) is 0 Å². The molecule has 0 spiro atoms. The van der Waals surface area contributed by atoms with Crippen molar-refractivity contribution in [3.63, 3.8) is 0 Å². The molecule has 4 aliphatic rings. The fourth-order valence-electron chi connectivity index (χ4n) is 4.87. The highest BCUT2D eigenvalue weighted by atomic mass is 16.3. The number of carbonyl (C=O) groups is 1. The molecule has 0 radical (unpaired) electrons. The summed E-state index contributed by atoms with van der Waals surface area (Å²) in [6, 6.07) is 0. The Kier molecular flexibility index (Phi) is 3.36. The third-order valence-electron chi connectivity index (χ3n) is 5.93. The molecule has 0 aromatic rings. The zero-order chi connectivity index (χ0) is 13.6. The van der Waals surface area contributed by atoms with Gasteiger partial charge in [-0.15, -0.1) is 0 Å². The summed E-state index contributed by atoms with van der Waals surface area (Å²) >= 11 is 0. The van der Waals surface area contributed by atoms with Gasteiger partial charge in [-0.2, -0.15) is 0 Å². The second-order valence-corrected chi connectivity index (χ2v) is 7.52. The minimum absolute atomic E-state index is 0.211. The van der Waals surface area contributed by atoms with E-state index in [9.17, 15) is 9.90 Å². The monoisotopic (exact) mass is 265 g/mol. The molecule has 4 saturated carbocycles. The molecule has 4 aliphatic carbocycles. The van der Waals surface area contributed by atoms with Gasteiger partial charge in [0.25, 0.3) is 0 Å². The van der Waals surface area contributed by atoms with Gasteiger partial charge in [-0.25, -0.2) is 0 Å². The molecule has 3 heteroatoms. The first-order valence-electron chi connectivity index (χ1n) is 7.98. The van der Waals surface area contributed by atoms with Crippen LogP contribution in [0.1, 0.15) is 52.4 Å². The molecule has 0 aromatic heterocycles. The Bertz CT molecular complexity index is 336. The molecule has 0 aromatic carbocycles. The van der Waals surface area contributed by atoms with Crippen LogP contribution in [-0.4, -0.2) is 23.2 Å². The van der Waals surface area contributed by atoms with Crippen molar-refractivity contribution in [2.75, 3.05) is 6.54 Å². The third-order valence-corrected chi connectivity index (χ3v) is 5.93. The predicted octanol–water partition coefficient (Wildman–Crippen LogP) is 2.34. The van der Waals surface area contributed by atoms with E-state index in [4.69, 9.17) is 0 Å². The normalized spacial score (nSPS) is 43.0. The molecule has 4 fully saturated rings. The lowest BCUT2D eigenvalue weighted by molar-refractivity contribution is -0.139. The van der Waals surface area contributed by atoms with E-state index in [1.165, 1.54) is 32.1 Å². The van der Waals surface area contributed by atoms with Crippen LogP contribution in [0.5, 0.6) is 0 Å². The van der Waals surface area contributed by atoms with Crippen LogP contribution in [0.2, 0.25) is 0 Å². The predicted molar refractivity (Wildman–Crippen MR) is 74.5 cm³/mol. The molecular weight excluding hydrogens is 238 g/mol. The summed E-state index contributed by atoms with van der Waals surface area (Å²) in [6.45, 7) is 4.14. The second-order valence-electron chi connectivity index (χ2n) is 7.52. The summed E-state index contributed by atoms with van der Waals surface area (Å²) in [7, 11) is 0. The fraction of sp³-hybridized carbons (Fsp3) is 0.938. The first-order valence-corrected chi connectivity index (χ1v) is 7.98. The zero-order valence-electron chi connectivity index (χ0n) is 12.2. The molecule has 1 amide bonds. The highest BCUT2D eigenvalue weighted by Crippen LogP contribution is 2.56. The zero-order valence-corrected chi connectivity index (χ0v) is 12.2. The maximum absolute atomic E-state index is 12.5. The van der Waals surface area contributed by atoms with Crippen molar-refractivity contribution in [1.29, 1.82) is 0 Å². The van der Waals surface area contributed by atoms with Gasteiger partial charge in [0.2, 0.25) is 5.91 Å². The van der Waals surface area contributed by atoms with Gasteiger partial charge in [0, 0.05) is 12.5 Å². The van der Waals surface area contributed by atoms with Crippen LogP contribution in [0.15, 0.2) is 0 Å². The Morgan fingerprint density at radius 3 is 2.16 bits per heavy atom. The summed E-state index contributed by atoms with van der Waals surface area (Å²) in [5.74, 6) is 3.52. The second kappa shape index (κ2) is 4.76. The Labute approximate surface area is 116 Å². The Balaban J connectivity index is 1.61. The topological polar surface area (TPSA) is 49.3 Å². The quantitative estimate of drug-likeness (QED) is 0.819. The Morgan fingerprint density at radius 1 is 1.16 bits per heavy atom. The number of nitrogens with one attached hydrogen (secondary N) is 1. The van der Waals surface area contributed by atoms with Gasteiger partial charge in [0.1, 0.15) is 0 Å². The molecule has 3 nitrogen and oxygen atoms in total. The van der Waals surface area contributed by atoms with Crippen molar-refractivity contribution in [1.82, 2.24) is 5.32 Å². The molecular formula is C16H27NO2. The van der Waals surface area contributed by atoms with E-state index in [-0.39, 0.29) is 11.8 Å². The lowest BCUT2D eigenvalue weighted by Crippen LogP contribution is -2.52. The highest BCUT2D eigenvalue weighted by molar-refractivity contribution is 5.79. The van der Waals surface area contributed by atoms with Crippen molar-refractivity contribution < 1.29 is 9.90 Å². The van der Waals surface area contributed by atoms with E-state index in [1.807, 2.05) is 6.92 Å². The van der Waals surface area contributed by atoms with Crippen LogP contribution in [0.4, 0.5) is 0 Å². The third kappa shape index (κ3) is 2.54. The summed E-state index contributed by atoms with van der Waals surface area (Å²) in [5.41, 5.74) is -0.762. The average molecular weight is 265 g/mol. The smallest absolute Gasteiger partial charge is 0.223 e. The first-order chi connectivity index (χ1) is 8.98. The SMILES string of the molecule is CCC(C)(O)CNC(=O)C1C2CC3CC(C2)CC1C3. The minimum atomic E-state index is -0.762. The maximum Gasteiger partial charge on any atom is 0.223 e. The molecule has 4 rings (SSSR count). The molecule has 0 heterocycles. The largest absolute Gasteiger partial charge is 0.388 e. The Morgan fingerprint density at radius 2 is 1.68 bits per heavy atom. The molecule has 1 unspecified atom stereocenters. The highest BCUT2D eigenvalue weighted by Gasteiger charge is 2.50. The van der Waals surface area contributed by atoms with Crippen LogP contribution in [0, 0.1) is 29.6 Å². The van der Waals surface area contributed by atoms with E-state index in [0.717, 1.165) is 11.8 Å².